The van der Waals surface area contributed by atoms with Gasteiger partial charge < -0.3 is 14.7 Å². The minimum atomic E-state index is -0.715. The summed E-state index contributed by atoms with van der Waals surface area (Å²) in [6.07, 6.45) is 0.464. The first-order chi connectivity index (χ1) is 15.8. The number of carbonyl (C=O) groups is 2. The van der Waals surface area contributed by atoms with E-state index < -0.39 is 17.7 Å². The van der Waals surface area contributed by atoms with Crippen LogP contribution < -0.4 is 4.74 Å². The molecule has 1 N–H and O–H groups in total. The summed E-state index contributed by atoms with van der Waals surface area (Å²) in [4.78, 5) is 28.3. The number of amides is 1. The molecule has 0 radical (unpaired) electrons. The quantitative estimate of drug-likeness (QED) is 0.291. The summed E-state index contributed by atoms with van der Waals surface area (Å²) in [6, 6.07) is 15.8. The van der Waals surface area contributed by atoms with Gasteiger partial charge in [0, 0.05) is 17.0 Å². The van der Waals surface area contributed by atoms with Crippen molar-refractivity contribution in [1.29, 1.82) is 0 Å². The number of benzene rings is 2. The van der Waals surface area contributed by atoms with Crippen LogP contribution in [0.3, 0.4) is 0 Å². The fourth-order valence-corrected chi connectivity index (χ4v) is 4.72. The highest BCUT2D eigenvalue weighted by Gasteiger charge is 2.46. The zero-order valence-corrected chi connectivity index (χ0v) is 19.1. The van der Waals surface area contributed by atoms with Crippen LogP contribution in [0.5, 0.6) is 5.75 Å². The molecule has 0 saturated carbocycles. The van der Waals surface area contributed by atoms with Crippen molar-refractivity contribution in [1.82, 2.24) is 4.90 Å². The third kappa shape index (κ3) is 4.83. The largest absolute Gasteiger partial charge is 0.507 e. The van der Waals surface area contributed by atoms with Gasteiger partial charge in [-0.3, -0.25) is 9.59 Å². The van der Waals surface area contributed by atoms with E-state index in [0.29, 0.717) is 17.7 Å². The van der Waals surface area contributed by atoms with Crippen LogP contribution in [-0.2, 0) is 16.0 Å². The number of halogens is 1. The molecule has 0 spiro atoms. The Balaban J connectivity index is 1.68. The van der Waals surface area contributed by atoms with Crippen LogP contribution in [0.2, 0.25) is 0 Å². The van der Waals surface area contributed by atoms with Crippen molar-refractivity contribution in [2.24, 2.45) is 0 Å². The number of aliphatic hydroxyl groups excluding tert-OH is 1. The molecular weight excluding hydrogens is 441 g/mol. The number of carbonyl (C=O) groups excluding carboxylic acids is 2. The lowest BCUT2D eigenvalue weighted by atomic mass is 9.99. The number of ether oxygens (including phenoxy) is 1. The maximum atomic E-state index is 13.2. The number of ketones is 1. The van der Waals surface area contributed by atoms with Crippen LogP contribution in [0.1, 0.15) is 35.9 Å². The molecule has 1 unspecified atom stereocenters. The predicted octanol–water partition coefficient (Wildman–Crippen LogP) is 5.34. The molecular formula is C26H24FNO4S. The molecule has 5 nitrogen and oxygen atoms in total. The number of aliphatic hydroxyl groups is 1. The molecule has 0 aliphatic carbocycles. The average molecular weight is 466 g/mol. The fourth-order valence-electron chi connectivity index (χ4n) is 3.87. The highest BCUT2D eigenvalue weighted by atomic mass is 32.1. The van der Waals surface area contributed by atoms with Gasteiger partial charge in [-0.2, -0.15) is 0 Å². The highest BCUT2D eigenvalue weighted by molar-refractivity contribution is 7.10. The van der Waals surface area contributed by atoms with E-state index in [2.05, 4.69) is 0 Å². The Morgan fingerprint density at radius 2 is 1.79 bits per heavy atom. The van der Waals surface area contributed by atoms with Gasteiger partial charge in [-0.1, -0.05) is 18.2 Å². The molecule has 1 aliphatic rings. The molecule has 2 aromatic carbocycles. The third-order valence-corrected chi connectivity index (χ3v) is 6.33. The van der Waals surface area contributed by atoms with Gasteiger partial charge >= 0.3 is 0 Å². The predicted molar refractivity (Wildman–Crippen MR) is 126 cm³/mol. The Bertz CT molecular complexity index is 1170. The van der Waals surface area contributed by atoms with E-state index in [1.807, 2.05) is 31.4 Å². The molecule has 170 valence electrons. The second kappa shape index (κ2) is 9.58. The Hall–Kier alpha value is -3.45. The van der Waals surface area contributed by atoms with Crippen molar-refractivity contribution in [3.63, 3.8) is 0 Å². The average Bonchev–Trinajstić information content (AvgIpc) is 3.40. The van der Waals surface area contributed by atoms with Gasteiger partial charge in [0.25, 0.3) is 11.7 Å². The fraction of sp³-hybridized carbons (Fsp3) is 0.231. The van der Waals surface area contributed by atoms with Crippen LogP contribution in [0.25, 0.3) is 5.76 Å². The molecule has 0 bridgehead atoms. The van der Waals surface area contributed by atoms with Crippen molar-refractivity contribution >= 4 is 28.8 Å². The first-order valence-electron chi connectivity index (χ1n) is 10.7. The molecule has 1 saturated heterocycles. The number of hydrogen-bond acceptors (Lipinski definition) is 5. The lowest BCUT2D eigenvalue weighted by Gasteiger charge is -2.24. The molecule has 1 amide bonds. The van der Waals surface area contributed by atoms with Crippen molar-refractivity contribution in [3.05, 3.63) is 93.4 Å². The van der Waals surface area contributed by atoms with E-state index in [0.717, 1.165) is 10.4 Å². The summed E-state index contributed by atoms with van der Waals surface area (Å²) >= 11 is 1.42. The molecule has 3 aromatic rings. The Morgan fingerprint density at radius 1 is 1.09 bits per heavy atom. The molecule has 4 rings (SSSR count). The van der Waals surface area contributed by atoms with E-state index in [-0.39, 0.29) is 29.8 Å². The van der Waals surface area contributed by atoms with Gasteiger partial charge in [-0.25, -0.2) is 4.39 Å². The smallest absolute Gasteiger partial charge is 0.295 e. The summed E-state index contributed by atoms with van der Waals surface area (Å²) in [5.41, 5.74) is 1.35. The van der Waals surface area contributed by atoms with Gasteiger partial charge in [0.1, 0.15) is 17.3 Å². The number of hydrogen-bond donors (Lipinski definition) is 1. The van der Waals surface area contributed by atoms with E-state index in [9.17, 15) is 19.1 Å². The molecule has 1 fully saturated rings. The van der Waals surface area contributed by atoms with Gasteiger partial charge in [0.05, 0.1) is 17.7 Å². The maximum Gasteiger partial charge on any atom is 0.295 e. The van der Waals surface area contributed by atoms with Crippen LogP contribution >= 0.6 is 11.3 Å². The monoisotopic (exact) mass is 465 g/mol. The van der Waals surface area contributed by atoms with E-state index >= 15 is 0 Å². The second-order valence-corrected chi connectivity index (χ2v) is 9.05. The minimum absolute atomic E-state index is 0.00899. The molecule has 7 heteroatoms. The summed E-state index contributed by atoms with van der Waals surface area (Å²) in [5.74, 6) is -1.27. The SMILES string of the molecule is CC(C)Oc1ccc(/C(O)=C2/C(=O)C(=O)N(CCc3ccc(F)cc3)C2c2cccs2)cc1. The van der Waals surface area contributed by atoms with Crippen LogP contribution in [-0.4, -0.2) is 34.3 Å². The van der Waals surface area contributed by atoms with Crippen molar-refractivity contribution in [2.75, 3.05) is 6.54 Å². The van der Waals surface area contributed by atoms with Crippen LogP contribution in [0, 0.1) is 5.82 Å². The summed E-state index contributed by atoms with van der Waals surface area (Å²) < 4.78 is 18.9. The maximum absolute atomic E-state index is 13.2. The number of thiophene rings is 1. The molecule has 1 aliphatic heterocycles. The van der Waals surface area contributed by atoms with E-state index in [1.165, 1.54) is 28.4 Å². The van der Waals surface area contributed by atoms with E-state index in [1.54, 1.807) is 36.4 Å². The van der Waals surface area contributed by atoms with Crippen molar-refractivity contribution < 1.29 is 23.8 Å². The van der Waals surface area contributed by atoms with Crippen LogP contribution in [0.15, 0.2) is 71.6 Å². The normalized spacial score (nSPS) is 17.7. The summed E-state index contributed by atoms with van der Waals surface area (Å²) in [5, 5.41) is 13.0. The number of Topliss-reactive ketones (excluding diaryl/α,β-unsaturated/α-hetero) is 1. The Labute approximate surface area is 195 Å². The molecule has 2 heterocycles. The van der Waals surface area contributed by atoms with Gasteiger partial charge in [0.15, 0.2) is 0 Å². The third-order valence-electron chi connectivity index (χ3n) is 5.41. The zero-order chi connectivity index (χ0) is 23.5. The summed E-state index contributed by atoms with van der Waals surface area (Å²) in [7, 11) is 0. The Morgan fingerprint density at radius 3 is 2.39 bits per heavy atom. The van der Waals surface area contributed by atoms with Crippen LogP contribution in [0.4, 0.5) is 4.39 Å². The van der Waals surface area contributed by atoms with E-state index in [4.69, 9.17) is 4.74 Å². The number of likely N-dealkylation sites (tertiary alicyclic amines) is 1. The van der Waals surface area contributed by atoms with Crippen molar-refractivity contribution in [2.45, 2.75) is 32.4 Å². The first kappa shape index (κ1) is 22.7. The topological polar surface area (TPSA) is 66.8 Å². The Kier molecular flexibility index (Phi) is 6.60. The lowest BCUT2D eigenvalue weighted by Crippen LogP contribution is -2.31. The summed E-state index contributed by atoms with van der Waals surface area (Å²) in [6.45, 7) is 4.10. The number of rotatable bonds is 7. The minimum Gasteiger partial charge on any atom is -0.507 e. The molecule has 1 atom stereocenters. The number of nitrogens with zero attached hydrogens (tertiary/aromatic N) is 1. The standard InChI is InChI=1S/C26H24FNO4S/c1-16(2)32-20-11-7-18(8-12-20)24(29)22-23(21-4-3-15-33-21)28(26(31)25(22)30)14-13-17-5-9-19(27)10-6-17/h3-12,15-16,23,29H,13-14H2,1-2H3/b24-22-. The lowest BCUT2D eigenvalue weighted by molar-refractivity contribution is -0.139. The molecule has 1 aromatic heterocycles. The van der Waals surface area contributed by atoms with Gasteiger partial charge in [-0.15, -0.1) is 11.3 Å². The van der Waals surface area contributed by atoms with Gasteiger partial charge in [-0.05, 0) is 73.7 Å². The second-order valence-electron chi connectivity index (χ2n) is 8.08. The first-order valence-corrected chi connectivity index (χ1v) is 11.6. The molecule has 33 heavy (non-hydrogen) atoms. The highest BCUT2D eigenvalue weighted by Crippen LogP contribution is 2.41. The van der Waals surface area contributed by atoms with Crippen molar-refractivity contribution in [3.8, 4) is 5.75 Å². The van der Waals surface area contributed by atoms with Gasteiger partial charge in [0.2, 0.25) is 0 Å². The zero-order valence-electron chi connectivity index (χ0n) is 18.3.